The highest BCUT2D eigenvalue weighted by Gasteiger charge is 2.26. The fraction of sp³-hybridized carbons (Fsp3) is 0.632. The van der Waals surface area contributed by atoms with Crippen LogP contribution >= 0.6 is 0 Å². The zero-order chi connectivity index (χ0) is 17.5. The summed E-state index contributed by atoms with van der Waals surface area (Å²) in [5, 5.41) is 13.2. The lowest BCUT2D eigenvalue weighted by Gasteiger charge is -2.32. The van der Waals surface area contributed by atoms with Crippen molar-refractivity contribution in [3.8, 4) is 5.75 Å². The minimum absolute atomic E-state index is 0.101. The zero-order valence-corrected chi connectivity index (χ0v) is 15.0. The Morgan fingerprint density at radius 2 is 2.00 bits per heavy atom. The van der Waals surface area contributed by atoms with E-state index in [9.17, 15) is 9.90 Å². The number of aliphatic hydroxyl groups excluding tert-OH is 1. The molecule has 134 valence electrons. The average Bonchev–Trinajstić information content (AvgIpc) is 2.54. The molecule has 2 rings (SSSR count). The average molecular weight is 334 g/mol. The number of benzene rings is 1. The lowest BCUT2D eigenvalue weighted by Crippen LogP contribution is -2.45. The van der Waals surface area contributed by atoms with E-state index < -0.39 is 6.10 Å². The van der Waals surface area contributed by atoms with Crippen molar-refractivity contribution in [1.82, 2.24) is 10.2 Å². The smallest absolute Gasteiger partial charge is 0.223 e. The molecule has 5 nitrogen and oxygen atoms in total. The van der Waals surface area contributed by atoms with Crippen LogP contribution in [0.15, 0.2) is 24.3 Å². The topological polar surface area (TPSA) is 61.8 Å². The van der Waals surface area contributed by atoms with E-state index in [1.807, 2.05) is 45.0 Å². The second-order valence-corrected chi connectivity index (χ2v) is 6.97. The second-order valence-electron chi connectivity index (χ2n) is 6.97. The Bertz CT molecular complexity index is 525. The van der Waals surface area contributed by atoms with Crippen LogP contribution in [0.4, 0.5) is 0 Å². The van der Waals surface area contributed by atoms with Gasteiger partial charge in [0.15, 0.2) is 0 Å². The molecule has 0 aromatic heterocycles. The summed E-state index contributed by atoms with van der Waals surface area (Å²) >= 11 is 0. The molecule has 0 saturated carbocycles. The quantitative estimate of drug-likeness (QED) is 0.800. The molecule has 1 saturated heterocycles. The summed E-state index contributed by atoms with van der Waals surface area (Å²) in [5.74, 6) is 1.08. The van der Waals surface area contributed by atoms with Crippen molar-refractivity contribution < 1.29 is 14.6 Å². The molecule has 1 atom stereocenters. The second kappa shape index (κ2) is 9.04. The first kappa shape index (κ1) is 18.7. The molecule has 5 heteroatoms. The predicted molar refractivity (Wildman–Crippen MR) is 95.1 cm³/mol. The fourth-order valence-electron chi connectivity index (χ4n) is 3.04. The molecule has 1 amide bonds. The molecule has 1 aliphatic heterocycles. The summed E-state index contributed by atoms with van der Waals surface area (Å²) in [7, 11) is 0. The van der Waals surface area contributed by atoms with Gasteiger partial charge in [-0.1, -0.05) is 18.2 Å². The summed E-state index contributed by atoms with van der Waals surface area (Å²) in [6.07, 6.45) is 1.18. The van der Waals surface area contributed by atoms with Crippen LogP contribution in [0.2, 0.25) is 0 Å². The SMILES string of the molecule is Cc1ccccc1OCC(O)CN1CCC(C(=O)NC(C)C)CC1. The van der Waals surface area contributed by atoms with Crippen LogP contribution in [0, 0.1) is 12.8 Å². The third kappa shape index (κ3) is 5.80. The van der Waals surface area contributed by atoms with Crippen molar-refractivity contribution in [3.63, 3.8) is 0 Å². The highest BCUT2D eigenvalue weighted by molar-refractivity contribution is 5.78. The maximum atomic E-state index is 12.0. The number of β-amino-alcohol motifs (C(OH)–C–C–N with tert-alkyl or cyclic N) is 1. The Kier molecular flexibility index (Phi) is 7.06. The number of hydrogen-bond donors (Lipinski definition) is 2. The number of amides is 1. The van der Waals surface area contributed by atoms with Crippen molar-refractivity contribution in [3.05, 3.63) is 29.8 Å². The molecule has 1 heterocycles. The van der Waals surface area contributed by atoms with Gasteiger partial charge >= 0.3 is 0 Å². The molecule has 2 N–H and O–H groups in total. The number of nitrogens with one attached hydrogen (secondary N) is 1. The van der Waals surface area contributed by atoms with Gasteiger partial charge in [-0.15, -0.1) is 0 Å². The van der Waals surface area contributed by atoms with Gasteiger partial charge in [-0.3, -0.25) is 4.79 Å². The molecule has 0 radical (unpaired) electrons. The first-order valence-corrected chi connectivity index (χ1v) is 8.85. The number of aliphatic hydroxyl groups is 1. The number of carbonyl (C=O) groups is 1. The van der Waals surface area contributed by atoms with Crippen molar-refractivity contribution in [2.75, 3.05) is 26.2 Å². The molecular weight excluding hydrogens is 304 g/mol. The van der Waals surface area contributed by atoms with Crippen molar-refractivity contribution in [2.24, 2.45) is 5.92 Å². The molecule has 1 unspecified atom stereocenters. The standard InChI is InChI=1S/C19H30N2O3/c1-14(2)20-19(23)16-8-10-21(11-9-16)12-17(22)13-24-18-7-5-4-6-15(18)3/h4-7,14,16-17,22H,8-13H2,1-3H3,(H,20,23). The molecule has 24 heavy (non-hydrogen) atoms. The van der Waals surface area contributed by atoms with Crippen LogP contribution < -0.4 is 10.1 Å². The number of hydrogen-bond acceptors (Lipinski definition) is 4. The molecule has 1 fully saturated rings. The van der Waals surface area contributed by atoms with Gasteiger partial charge in [-0.05, 0) is 58.3 Å². The minimum Gasteiger partial charge on any atom is -0.491 e. The van der Waals surface area contributed by atoms with Crippen LogP contribution in [0.5, 0.6) is 5.75 Å². The van der Waals surface area contributed by atoms with Gasteiger partial charge in [0.2, 0.25) is 5.91 Å². The van der Waals surface area contributed by atoms with E-state index in [1.165, 1.54) is 0 Å². The number of ether oxygens (including phenoxy) is 1. The number of rotatable bonds is 7. The van der Waals surface area contributed by atoms with E-state index in [1.54, 1.807) is 0 Å². The summed E-state index contributed by atoms with van der Waals surface area (Å²) in [6.45, 7) is 8.53. The molecule has 1 aliphatic rings. The van der Waals surface area contributed by atoms with Gasteiger partial charge in [0.05, 0.1) is 0 Å². The zero-order valence-electron chi connectivity index (χ0n) is 15.0. The molecule has 1 aromatic carbocycles. The highest BCUT2D eigenvalue weighted by Crippen LogP contribution is 2.19. The fourth-order valence-corrected chi connectivity index (χ4v) is 3.04. The van der Waals surface area contributed by atoms with Crippen LogP contribution in [-0.2, 0) is 4.79 Å². The molecule has 0 spiro atoms. The summed E-state index contributed by atoms with van der Waals surface area (Å²) in [5.41, 5.74) is 1.07. The Balaban J connectivity index is 1.69. The molecule has 0 bridgehead atoms. The normalized spacial score (nSPS) is 17.7. The predicted octanol–water partition coefficient (Wildman–Crippen LogP) is 1.97. The Hall–Kier alpha value is -1.59. The number of piperidine rings is 1. The minimum atomic E-state index is -0.523. The van der Waals surface area contributed by atoms with Gasteiger partial charge < -0.3 is 20.1 Å². The first-order valence-electron chi connectivity index (χ1n) is 8.85. The van der Waals surface area contributed by atoms with E-state index in [2.05, 4.69) is 10.2 Å². The Morgan fingerprint density at radius 3 is 2.62 bits per heavy atom. The van der Waals surface area contributed by atoms with Gasteiger partial charge in [0, 0.05) is 18.5 Å². The van der Waals surface area contributed by atoms with Crippen LogP contribution in [0.3, 0.4) is 0 Å². The van der Waals surface area contributed by atoms with Gasteiger partial charge in [-0.25, -0.2) is 0 Å². The lowest BCUT2D eigenvalue weighted by molar-refractivity contribution is -0.127. The number of likely N-dealkylation sites (tertiary alicyclic amines) is 1. The monoisotopic (exact) mass is 334 g/mol. The van der Waals surface area contributed by atoms with E-state index in [0.717, 1.165) is 37.2 Å². The van der Waals surface area contributed by atoms with Gasteiger partial charge in [0.1, 0.15) is 18.5 Å². The van der Waals surface area contributed by atoms with Crippen LogP contribution in [-0.4, -0.2) is 54.3 Å². The lowest BCUT2D eigenvalue weighted by atomic mass is 9.95. The van der Waals surface area contributed by atoms with Crippen LogP contribution in [0.25, 0.3) is 0 Å². The summed E-state index contributed by atoms with van der Waals surface area (Å²) in [6, 6.07) is 8.01. The van der Waals surface area contributed by atoms with E-state index in [0.29, 0.717) is 13.2 Å². The van der Waals surface area contributed by atoms with E-state index in [4.69, 9.17) is 4.74 Å². The van der Waals surface area contributed by atoms with E-state index in [-0.39, 0.29) is 17.9 Å². The van der Waals surface area contributed by atoms with Crippen molar-refractivity contribution in [1.29, 1.82) is 0 Å². The molecular formula is C19H30N2O3. The summed E-state index contributed by atoms with van der Waals surface area (Å²) < 4.78 is 5.70. The third-order valence-corrected chi connectivity index (χ3v) is 4.38. The third-order valence-electron chi connectivity index (χ3n) is 4.38. The van der Waals surface area contributed by atoms with Crippen molar-refractivity contribution in [2.45, 2.75) is 45.8 Å². The van der Waals surface area contributed by atoms with Crippen LogP contribution in [0.1, 0.15) is 32.3 Å². The number of nitrogens with zero attached hydrogens (tertiary/aromatic N) is 1. The summed E-state index contributed by atoms with van der Waals surface area (Å²) in [4.78, 5) is 14.2. The maximum Gasteiger partial charge on any atom is 0.223 e. The number of aryl methyl sites for hydroxylation is 1. The highest BCUT2D eigenvalue weighted by atomic mass is 16.5. The number of carbonyl (C=O) groups excluding carboxylic acids is 1. The van der Waals surface area contributed by atoms with E-state index >= 15 is 0 Å². The Labute approximate surface area is 145 Å². The maximum absolute atomic E-state index is 12.0. The van der Waals surface area contributed by atoms with Gasteiger partial charge in [-0.2, -0.15) is 0 Å². The van der Waals surface area contributed by atoms with Crippen molar-refractivity contribution >= 4 is 5.91 Å². The Morgan fingerprint density at radius 1 is 1.33 bits per heavy atom. The molecule has 0 aliphatic carbocycles. The largest absolute Gasteiger partial charge is 0.491 e. The number of para-hydroxylation sites is 1. The van der Waals surface area contributed by atoms with Gasteiger partial charge in [0.25, 0.3) is 0 Å². The first-order chi connectivity index (χ1) is 11.5. The molecule has 1 aromatic rings.